The predicted octanol–water partition coefficient (Wildman–Crippen LogP) is 2.93. The lowest BCUT2D eigenvalue weighted by Crippen LogP contribution is -2.12. The van der Waals surface area contributed by atoms with Gasteiger partial charge in [-0.1, -0.05) is 18.2 Å². The van der Waals surface area contributed by atoms with Crippen LogP contribution in [0.15, 0.2) is 48.5 Å². The van der Waals surface area contributed by atoms with Gasteiger partial charge in [0.25, 0.3) is 0 Å². The topological polar surface area (TPSA) is 61.4 Å². The third-order valence-electron chi connectivity index (χ3n) is 2.92. The number of aliphatic hydroxyl groups is 1. The molecule has 0 aromatic heterocycles. The summed E-state index contributed by atoms with van der Waals surface area (Å²) in [6.45, 7) is 1.68. The molecule has 4 nitrogen and oxygen atoms in total. The van der Waals surface area contributed by atoms with E-state index in [-0.39, 0.29) is 18.3 Å². The van der Waals surface area contributed by atoms with Gasteiger partial charge in [-0.3, -0.25) is 4.79 Å². The van der Waals surface area contributed by atoms with Gasteiger partial charge in [0.05, 0.1) is 6.10 Å². The molecule has 2 aromatic rings. The van der Waals surface area contributed by atoms with Crippen molar-refractivity contribution in [2.24, 2.45) is 0 Å². The Morgan fingerprint density at radius 1 is 1.19 bits per heavy atom. The van der Waals surface area contributed by atoms with E-state index in [0.29, 0.717) is 11.3 Å². The zero-order chi connectivity index (χ0) is 15.2. The number of hydrogen-bond donors (Lipinski definition) is 3. The summed E-state index contributed by atoms with van der Waals surface area (Å²) in [6, 6.07) is 13.0. The Morgan fingerprint density at radius 2 is 1.90 bits per heavy atom. The molecule has 0 fully saturated rings. The average Bonchev–Trinajstić information content (AvgIpc) is 2.44. The fourth-order valence-electron chi connectivity index (χ4n) is 1.96. The maximum atomic E-state index is 13.1. The first-order valence-electron chi connectivity index (χ1n) is 6.59. The number of halogens is 1. The number of anilines is 2. The van der Waals surface area contributed by atoms with Gasteiger partial charge in [0, 0.05) is 24.8 Å². The molecule has 0 radical (unpaired) electrons. The maximum Gasteiger partial charge on any atom is 0.221 e. The van der Waals surface area contributed by atoms with Crippen molar-refractivity contribution in [2.45, 2.75) is 13.0 Å². The fourth-order valence-corrected chi connectivity index (χ4v) is 1.96. The molecule has 0 aliphatic carbocycles. The first-order chi connectivity index (χ1) is 10.0. The van der Waals surface area contributed by atoms with E-state index >= 15 is 0 Å². The van der Waals surface area contributed by atoms with Crippen molar-refractivity contribution in [3.8, 4) is 0 Å². The van der Waals surface area contributed by atoms with E-state index < -0.39 is 6.10 Å². The monoisotopic (exact) mass is 288 g/mol. The molecule has 0 spiro atoms. The molecule has 21 heavy (non-hydrogen) atoms. The number of benzene rings is 2. The van der Waals surface area contributed by atoms with Crippen LogP contribution in [0.25, 0.3) is 0 Å². The summed E-state index contributed by atoms with van der Waals surface area (Å²) in [5, 5.41) is 15.8. The molecular formula is C16H17FN2O2. The Morgan fingerprint density at radius 3 is 2.62 bits per heavy atom. The van der Waals surface area contributed by atoms with Crippen LogP contribution < -0.4 is 10.6 Å². The van der Waals surface area contributed by atoms with Crippen molar-refractivity contribution in [3.05, 3.63) is 59.9 Å². The second-order valence-electron chi connectivity index (χ2n) is 4.71. The first-order valence-corrected chi connectivity index (χ1v) is 6.59. The van der Waals surface area contributed by atoms with Crippen molar-refractivity contribution in [2.75, 3.05) is 17.2 Å². The van der Waals surface area contributed by atoms with E-state index in [0.717, 1.165) is 5.69 Å². The molecule has 0 aliphatic heterocycles. The molecule has 0 bridgehead atoms. The van der Waals surface area contributed by atoms with Gasteiger partial charge < -0.3 is 15.7 Å². The number of rotatable bonds is 5. The van der Waals surface area contributed by atoms with Crippen LogP contribution in [0.1, 0.15) is 18.6 Å². The summed E-state index contributed by atoms with van der Waals surface area (Å²) < 4.78 is 13.1. The molecular weight excluding hydrogens is 271 g/mol. The molecule has 1 atom stereocenters. The maximum absolute atomic E-state index is 13.1. The van der Waals surface area contributed by atoms with Crippen LogP contribution in [0, 0.1) is 5.82 Å². The number of amides is 1. The minimum absolute atomic E-state index is 0.146. The van der Waals surface area contributed by atoms with E-state index in [1.54, 1.807) is 30.3 Å². The van der Waals surface area contributed by atoms with Gasteiger partial charge in [-0.2, -0.15) is 0 Å². The highest BCUT2D eigenvalue weighted by Crippen LogP contribution is 2.18. The normalized spacial score (nSPS) is 11.8. The number of nitrogens with one attached hydrogen (secondary N) is 2. The average molecular weight is 288 g/mol. The lowest BCUT2D eigenvalue weighted by molar-refractivity contribution is -0.114. The summed E-state index contributed by atoms with van der Waals surface area (Å²) in [7, 11) is 0. The standard InChI is InChI=1S/C16H17FN2O2/c1-11(20)19-15-7-3-6-14(9-15)18-10-16(21)12-4-2-5-13(17)8-12/h2-9,16,18,21H,10H2,1H3,(H,19,20). The van der Waals surface area contributed by atoms with Crippen LogP contribution in [0.5, 0.6) is 0 Å². The number of carbonyl (C=O) groups is 1. The Hall–Kier alpha value is -2.40. The number of aliphatic hydroxyl groups excluding tert-OH is 1. The Bertz CT molecular complexity index is 631. The Balaban J connectivity index is 1.97. The van der Waals surface area contributed by atoms with Crippen LogP contribution in [0.3, 0.4) is 0 Å². The zero-order valence-corrected chi connectivity index (χ0v) is 11.6. The summed E-state index contributed by atoms with van der Waals surface area (Å²) >= 11 is 0. The Kier molecular flexibility index (Phi) is 4.90. The lowest BCUT2D eigenvalue weighted by Gasteiger charge is -2.14. The quantitative estimate of drug-likeness (QED) is 0.792. The van der Waals surface area contributed by atoms with Gasteiger partial charge >= 0.3 is 0 Å². The molecule has 0 saturated heterocycles. The first kappa shape index (κ1) is 15.0. The number of carbonyl (C=O) groups excluding carboxylic acids is 1. The van der Waals surface area contributed by atoms with Gasteiger partial charge in [-0.15, -0.1) is 0 Å². The second-order valence-corrected chi connectivity index (χ2v) is 4.71. The van der Waals surface area contributed by atoms with E-state index in [1.165, 1.54) is 19.1 Å². The summed E-state index contributed by atoms with van der Waals surface area (Å²) in [4.78, 5) is 11.0. The smallest absolute Gasteiger partial charge is 0.221 e. The molecule has 0 heterocycles. The van der Waals surface area contributed by atoms with Gasteiger partial charge in [-0.05, 0) is 35.9 Å². The summed E-state index contributed by atoms with van der Waals surface area (Å²) in [5.74, 6) is -0.522. The predicted molar refractivity (Wildman–Crippen MR) is 80.6 cm³/mol. The second kappa shape index (κ2) is 6.85. The van der Waals surface area contributed by atoms with Crippen LogP contribution in [-0.4, -0.2) is 17.6 Å². The van der Waals surface area contributed by atoms with Gasteiger partial charge in [-0.25, -0.2) is 4.39 Å². The van der Waals surface area contributed by atoms with Gasteiger partial charge in [0.15, 0.2) is 0 Å². The third kappa shape index (κ3) is 4.57. The zero-order valence-electron chi connectivity index (χ0n) is 11.6. The highest BCUT2D eigenvalue weighted by Gasteiger charge is 2.08. The molecule has 110 valence electrons. The highest BCUT2D eigenvalue weighted by atomic mass is 19.1. The van der Waals surface area contributed by atoms with Crippen molar-refractivity contribution >= 4 is 17.3 Å². The lowest BCUT2D eigenvalue weighted by atomic mass is 10.1. The SMILES string of the molecule is CC(=O)Nc1cccc(NCC(O)c2cccc(F)c2)c1. The van der Waals surface area contributed by atoms with Crippen LogP contribution in [0.4, 0.5) is 15.8 Å². The molecule has 1 amide bonds. The van der Waals surface area contributed by atoms with E-state index in [1.807, 2.05) is 6.07 Å². The van der Waals surface area contributed by atoms with E-state index in [2.05, 4.69) is 10.6 Å². The minimum atomic E-state index is -0.815. The molecule has 0 saturated carbocycles. The third-order valence-corrected chi connectivity index (χ3v) is 2.92. The molecule has 2 aromatic carbocycles. The molecule has 1 unspecified atom stereocenters. The minimum Gasteiger partial charge on any atom is -0.387 e. The van der Waals surface area contributed by atoms with Gasteiger partial charge in [0.2, 0.25) is 5.91 Å². The molecule has 2 rings (SSSR count). The molecule has 3 N–H and O–H groups in total. The number of hydrogen-bond acceptors (Lipinski definition) is 3. The van der Waals surface area contributed by atoms with Crippen molar-refractivity contribution in [1.82, 2.24) is 0 Å². The van der Waals surface area contributed by atoms with Crippen LogP contribution in [0.2, 0.25) is 0 Å². The van der Waals surface area contributed by atoms with Crippen LogP contribution in [-0.2, 0) is 4.79 Å². The van der Waals surface area contributed by atoms with Crippen molar-refractivity contribution < 1.29 is 14.3 Å². The largest absolute Gasteiger partial charge is 0.387 e. The highest BCUT2D eigenvalue weighted by molar-refractivity contribution is 5.89. The van der Waals surface area contributed by atoms with Crippen molar-refractivity contribution in [3.63, 3.8) is 0 Å². The summed E-state index contributed by atoms with van der Waals surface area (Å²) in [6.07, 6.45) is -0.815. The van der Waals surface area contributed by atoms with E-state index in [9.17, 15) is 14.3 Å². The molecule has 0 aliphatic rings. The van der Waals surface area contributed by atoms with E-state index in [4.69, 9.17) is 0 Å². The van der Waals surface area contributed by atoms with Crippen molar-refractivity contribution in [1.29, 1.82) is 0 Å². The molecule has 5 heteroatoms. The summed E-state index contributed by atoms with van der Waals surface area (Å²) in [5.41, 5.74) is 1.95. The van der Waals surface area contributed by atoms with Gasteiger partial charge in [0.1, 0.15) is 5.82 Å². The Labute approximate surface area is 122 Å². The fraction of sp³-hybridized carbons (Fsp3) is 0.188. The van der Waals surface area contributed by atoms with Crippen LogP contribution >= 0.6 is 0 Å².